The zero-order valence-corrected chi connectivity index (χ0v) is 14.7. The molecular weight excluding hydrogens is 322 g/mol. The summed E-state index contributed by atoms with van der Waals surface area (Å²) in [6, 6.07) is 7.94. The number of nitrogens with one attached hydrogen (secondary N) is 2. The third-order valence-electron chi connectivity index (χ3n) is 3.78. The van der Waals surface area contributed by atoms with Crippen molar-refractivity contribution in [2.45, 2.75) is 33.4 Å². The molecule has 0 saturated heterocycles. The Kier molecular flexibility index (Phi) is 5.10. The lowest BCUT2D eigenvalue weighted by atomic mass is 10.3. The van der Waals surface area contributed by atoms with E-state index in [2.05, 4.69) is 38.2 Å². The van der Waals surface area contributed by atoms with Crippen molar-refractivity contribution in [2.24, 2.45) is 0 Å². The first-order valence-electron chi connectivity index (χ1n) is 8.04. The number of aromatic nitrogens is 3. The number of amides is 2. The highest BCUT2D eigenvalue weighted by Gasteiger charge is 2.09. The lowest BCUT2D eigenvalue weighted by molar-refractivity contribution is 0.240. The van der Waals surface area contributed by atoms with E-state index in [0.717, 1.165) is 33.3 Å². The summed E-state index contributed by atoms with van der Waals surface area (Å²) in [5, 5.41) is 6.74. The molecule has 0 bridgehead atoms. The maximum absolute atomic E-state index is 11.9. The summed E-state index contributed by atoms with van der Waals surface area (Å²) < 4.78 is 2.19. The summed E-state index contributed by atoms with van der Waals surface area (Å²) in [6.45, 7) is 5.98. The molecule has 1 aromatic carbocycles. The van der Waals surface area contributed by atoms with Gasteiger partial charge >= 0.3 is 6.03 Å². The molecule has 0 radical (unpaired) electrons. The van der Waals surface area contributed by atoms with Crippen LogP contribution in [0.15, 0.2) is 30.5 Å². The molecule has 24 heavy (non-hydrogen) atoms. The number of fused-ring (bicyclic) bond motifs is 1. The molecule has 6 nitrogen and oxygen atoms in total. The van der Waals surface area contributed by atoms with E-state index in [1.54, 1.807) is 17.5 Å². The van der Waals surface area contributed by atoms with E-state index in [9.17, 15) is 4.79 Å². The van der Waals surface area contributed by atoms with Gasteiger partial charge in [-0.3, -0.25) is 0 Å². The molecule has 2 heterocycles. The Morgan fingerprint density at radius 1 is 1.29 bits per heavy atom. The highest BCUT2D eigenvalue weighted by molar-refractivity contribution is 7.11. The van der Waals surface area contributed by atoms with Crippen LogP contribution in [0.4, 0.5) is 4.79 Å². The second-order valence-electron chi connectivity index (χ2n) is 5.47. The van der Waals surface area contributed by atoms with Gasteiger partial charge in [-0.2, -0.15) is 0 Å². The maximum Gasteiger partial charge on any atom is 0.315 e. The van der Waals surface area contributed by atoms with Crippen LogP contribution in [0.2, 0.25) is 0 Å². The van der Waals surface area contributed by atoms with Crippen molar-refractivity contribution in [1.29, 1.82) is 0 Å². The van der Waals surface area contributed by atoms with Crippen LogP contribution in [-0.2, 0) is 19.5 Å². The molecule has 0 atom stereocenters. The maximum atomic E-state index is 11.9. The molecule has 3 rings (SSSR count). The molecule has 2 amide bonds. The smallest absolute Gasteiger partial charge is 0.315 e. The molecule has 0 aliphatic rings. The predicted octanol–water partition coefficient (Wildman–Crippen LogP) is 2.86. The van der Waals surface area contributed by atoms with Crippen LogP contribution in [0, 0.1) is 6.92 Å². The fourth-order valence-corrected chi connectivity index (χ4v) is 3.41. The lowest BCUT2D eigenvalue weighted by Crippen LogP contribution is -2.36. The third-order valence-corrected chi connectivity index (χ3v) is 4.69. The Morgan fingerprint density at radius 2 is 2.12 bits per heavy atom. The van der Waals surface area contributed by atoms with Gasteiger partial charge in [0.05, 0.1) is 22.6 Å². The number of nitrogens with zero attached hydrogens (tertiary/aromatic N) is 3. The van der Waals surface area contributed by atoms with Crippen molar-refractivity contribution in [1.82, 2.24) is 25.2 Å². The average molecular weight is 343 g/mol. The Hall–Kier alpha value is -2.41. The molecule has 0 unspecified atom stereocenters. The first kappa shape index (κ1) is 16.4. The SMILES string of the molecule is CCn1c(CCNC(=O)NCc2cnc(C)s2)nc2ccccc21. The van der Waals surface area contributed by atoms with E-state index in [1.165, 1.54) is 0 Å². The van der Waals surface area contributed by atoms with Gasteiger partial charge in [0.1, 0.15) is 5.82 Å². The van der Waals surface area contributed by atoms with Crippen LogP contribution < -0.4 is 10.6 Å². The summed E-state index contributed by atoms with van der Waals surface area (Å²) in [5.41, 5.74) is 2.14. The highest BCUT2D eigenvalue weighted by Crippen LogP contribution is 2.16. The van der Waals surface area contributed by atoms with E-state index in [4.69, 9.17) is 0 Å². The zero-order chi connectivity index (χ0) is 16.9. The van der Waals surface area contributed by atoms with Crippen LogP contribution in [0.5, 0.6) is 0 Å². The van der Waals surface area contributed by atoms with Crippen molar-refractivity contribution < 1.29 is 4.79 Å². The van der Waals surface area contributed by atoms with Gasteiger partial charge in [0.2, 0.25) is 0 Å². The van der Waals surface area contributed by atoms with Crippen molar-refractivity contribution in [3.63, 3.8) is 0 Å². The fourth-order valence-electron chi connectivity index (χ4n) is 2.67. The van der Waals surface area contributed by atoms with Crippen molar-refractivity contribution in [2.75, 3.05) is 6.54 Å². The normalized spacial score (nSPS) is 10.9. The first-order chi connectivity index (χ1) is 11.7. The predicted molar refractivity (Wildman–Crippen MR) is 96.2 cm³/mol. The average Bonchev–Trinajstić information content (AvgIpc) is 3.15. The Balaban J connectivity index is 1.51. The summed E-state index contributed by atoms with van der Waals surface area (Å²) in [5.74, 6) is 0.997. The van der Waals surface area contributed by atoms with Gasteiger partial charge in [-0.1, -0.05) is 12.1 Å². The minimum Gasteiger partial charge on any atom is -0.338 e. The molecule has 3 aromatic rings. The van der Waals surface area contributed by atoms with Gasteiger partial charge in [-0.05, 0) is 26.0 Å². The van der Waals surface area contributed by atoms with Crippen LogP contribution >= 0.6 is 11.3 Å². The number of para-hydroxylation sites is 2. The van der Waals surface area contributed by atoms with Crippen molar-refractivity contribution in [3.8, 4) is 0 Å². The minimum absolute atomic E-state index is 0.166. The number of urea groups is 1. The van der Waals surface area contributed by atoms with Gasteiger partial charge in [0.15, 0.2) is 0 Å². The number of carbonyl (C=O) groups is 1. The van der Waals surface area contributed by atoms with Crippen molar-refractivity contribution >= 4 is 28.4 Å². The van der Waals surface area contributed by atoms with E-state index in [-0.39, 0.29) is 6.03 Å². The number of thiazole rings is 1. The highest BCUT2D eigenvalue weighted by atomic mass is 32.1. The quantitative estimate of drug-likeness (QED) is 0.723. The number of benzene rings is 1. The first-order valence-corrected chi connectivity index (χ1v) is 8.86. The fraction of sp³-hybridized carbons (Fsp3) is 0.353. The number of carbonyl (C=O) groups excluding carboxylic acids is 1. The molecule has 126 valence electrons. The van der Waals surface area contributed by atoms with E-state index in [1.807, 2.05) is 25.1 Å². The van der Waals surface area contributed by atoms with Gasteiger partial charge in [0, 0.05) is 30.6 Å². The van der Waals surface area contributed by atoms with Crippen LogP contribution in [-0.4, -0.2) is 27.1 Å². The van der Waals surface area contributed by atoms with Gasteiger partial charge in [-0.25, -0.2) is 14.8 Å². The summed E-state index contributed by atoms with van der Waals surface area (Å²) in [4.78, 5) is 21.8. The Labute approximate surface area is 144 Å². The Bertz CT molecular complexity index is 838. The summed E-state index contributed by atoms with van der Waals surface area (Å²) >= 11 is 1.59. The molecular formula is C17H21N5OS. The minimum atomic E-state index is -0.166. The van der Waals surface area contributed by atoms with Gasteiger partial charge in [-0.15, -0.1) is 11.3 Å². The second kappa shape index (κ2) is 7.44. The Morgan fingerprint density at radius 3 is 2.88 bits per heavy atom. The number of hydrogen-bond acceptors (Lipinski definition) is 4. The largest absolute Gasteiger partial charge is 0.338 e. The van der Waals surface area contributed by atoms with Gasteiger partial charge in [0.25, 0.3) is 0 Å². The van der Waals surface area contributed by atoms with Crippen molar-refractivity contribution in [3.05, 3.63) is 46.2 Å². The molecule has 0 fully saturated rings. The zero-order valence-electron chi connectivity index (χ0n) is 13.9. The summed E-state index contributed by atoms with van der Waals surface area (Å²) in [6.07, 6.45) is 2.50. The molecule has 0 aliphatic carbocycles. The monoisotopic (exact) mass is 343 g/mol. The van der Waals surface area contributed by atoms with Crippen LogP contribution in [0.3, 0.4) is 0 Å². The number of imidazole rings is 1. The topological polar surface area (TPSA) is 71.8 Å². The number of hydrogen-bond donors (Lipinski definition) is 2. The standard InChI is InChI=1S/C17H21N5OS/c1-3-22-15-7-5-4-6-14(15)21-16(22)8-9-18-17(23)20-11-13-10-19-12(2)24-13/h4-7,10H,3,8-9,11H2,1-2H3,(H2,18,20,23). The molecule has 0 spiro atoms. The molecule has 2 N–H and O–H groups in total. The number of rotatable bonds is 6. The van der Waals surface area contributed by atoms with Crippen LogP contribution in [0.25, 0.3) is 11.0 Å². The molecule has 0 aliphatic heterocycles. The lowest BCUT2D eigenvalue weighted by Gasteiger charge is -2.08. The summed E-state index contributed by atoms with van der Waals surface area (Å²) in [7, 11) is 0. The second-order valence-corrected chi connectivity index (χ2v) is 6.79. The molecule has 0 saturated carbocycles. The van der Waals surface area contributed by atoms with E-state index < -0.39 is 0 Å². The van der Waals surface area contributed by atoms with E-state index >= 15 is 0 Å². The van der Waals surface area contributed by atoms with E-state index in [0.29, 0.717) is 19.5 Å². The van der Waals surface area contributed by atoms with Crippen LogP contribution in [0.1, 0.15) is 22.6 Å². The van der Waals surface area contributed by atoms with Gasteiger partial charge < -0.3 is 15.2 Å². The number of aryl methyl sites for hydroxylation is 2. The molecule has 7 heteroatoms. The molecule has 2 aromatic heterocycles. The third kappa shape index (κ3) is 3.73.